The lowest BCUT2D eigenvalue weighted by atomic mass is 10.1. The van der Waals surface area contributed by atoms with Gasteiger partial charge in [0.05, 0.1) is 6.54 Å². The van der Waals surface area contributed by atoms with Crippen molar-refractivity contribution >= 4 is 10.9 Å². The van der Waals surface area contributed by atoms with Crippen molar-refractivity contribution in [1.29, 1.82) is 0 Å². The molecule has 1 heterocycles. The van der Waals surface area contributed by atoms with Gasteiger partial charge in [-0.3, -0.25) is 0 Å². The zero-order valence-electron chi connectivity index (χ0n) is 11.6. The molecule has 1 heteroatoms. The third kappa shape index (κ3) is 2.60. The Labute approximate surface area is 119 Å². The summed E-state index contributed by atoms with van der Waals surface area (Å²) >= 11 is 0. The van der Waals surface area contributed by atoms with E-state index in [4.69, 9.17) is 0 Å². The van der Waals surface area contributed by atoms with E-state index < -0.39 is 0 Å². The third-order valence-electron chi connectivity index (χ3n) is 3.52. The monoisotopic (exact) mass is 259 g/mol. The molecule has 0 radical (unpaired) electrons. The minimum absolute atomic E-state index is 0.725. The first-order valence-electron chi connectivity index (χ1n) is 6.98. The number of fused-ring (bicyclic) bond motifs is 1. The van der Waals surface area contributed by atoms with E-state index in [1.54, 1.807) is 0 Å². The lowest BCUT2D eigenvalue weighted by Crippen LogP contribution is -1.92. The largest absolute Gasteiger partial charge is 0.336 e. The van der Waals surface area contributed by atoms with Gasteiger partial charge in [0.2, 0.25) is 0 Å². The third-order valence-corrected chi connectivity index (χ3v) is 3.52. The molecule has 1 nitrogen and oxygen atoms in total. The van der Waals surface area contributed by atoms with Crippen molar-refractivity contribution in [3.8, 4) is 11.8 Å². The summed E-state index contributed by atoms with van der Waals surface area (Å²) < 4.78 is 2.18. The van der Waals surface area contributed by atoms with Crippen LogP contribution in [0.1, 0.15) is 18.1 Å². The molecule has 0 aliphatic heterocycles. The van der Waals surface area contributed by atoms with Crippen LogP contribution in [-0.2, 0) is 13.0 Å². The number of hydrogen-bond acceptors (Lipinski definition) is 0. The lowest BCUT2D eigenvalue weighted by Gasteiger charge is -1.99. The van der Waals surface area contributed by atoms with Crippen molar-refractivity contribution in [1.82, 2.24) is 4.57 Å². The van der Waals surface area contributed by atoms with Crippen LogP contribution < -0.4 is 0 Å². The molecule has 0 unspecified atom stereocenters. The first-order valence-corrected chi connectivity index (χ1v) is 6.98. The number of nitrogens with zero attached hydrogens (tertiary/aromatic N) is 1. The van der Waals surface area contributed by atoms with Gasteiger partial charge in [-0.05, 0) is 41.6 Å². The van der Waals surface area contributed by atoms with Crippen molar-refractivity contribution in [2.75, 3.05) is 0 Å². The Bertz CT molecular complexity index is 767. The predicted octanol–water partition coefficient (Wildman–Crippen LogP) is 4.26. The van der Waals surface area contributed by atoms with Crippen LogP contribution in [0.25, 0.3) is 10.9 Å². The van der Waals surface area contributed by atoms with Crippen LogP contribution in [0.3, 0.4) is 0 Å². The average Bonchev–Trinajstić information content (AvgIpc) is 2.92. The Hall–Kier alpha value is -2.46. The van der Waals surface area contributed by atoms with Gasteiger partial charge in [0.1, 0.15) is 0 Å². The van der Waals surface area contributed by atoms with Crippen molar-refractivity contribution in [3.05, 3.63) is 71.9 Å². The summed E-state index contributed by atoms with van der Waals surface area (Å²) in [4.78, 5) is 0. The normalized spacial score (nSPS) is 10.2. The highest BCUT2D eigenvalue weighted by Crippen LogP contribution is 2.14. The van der Waals surface area contributed by atoms with E-state index in [-0.39, 0.29) is 0 Å². The zero-order chi connectivity index (χ0) is 13.8. The summed E-state index contributed by atoms with van der Waals surface area (Å²) in [6, 6.07) is 19.0. The SMILES string of the molecule is CCc1ccc(C#CCn2ccc3ccccc32)cc1. The molecule has 0 aliphatic carbocycles. The number of rotatable bonds is 2. The van der Waals surface area contributed by atoms with Crippen LogP contribution in [-0.4, -0.2) is 4.57 Å². The highest BCUT2D eigenvalue weighted by atomic mass is 14.9. The van der Waals surface area contributed by atoms with E-state index in [0.29, 0.717) is 0 Å². The lowest BCUT2D eigenvalue weighted by molar-refractivity contribution is 0.886. The van der Waals surface area contributed by atoms with Crippen LogP contribution in [0.4, 0.5) is 0 Å². The second kappa shape index (κ2) is 5.67. The van der Waals surface area contributed by atoms with E-state index >= 15 is 0 Å². The number of para-hydroxylation sites is 1. The maximum absolute atomic E-state index is 3.25. The first-order chi connectivity index (χ1) is 9.86. The standard InChI is InChI=1S/C19H17N/c1-2-16-9-11-17(12-10-16)6-5-14-20-15-13-18-7-3-4-8-19(18)20/h3-4,7-13,15H,2,14H2,1H3. The van der Waals surface area contributed by atoms with Gasteiger partial charge in [-0.1, -0.05) is 49.1 Å². The fraction of sp³-hybridized carbons (Fsp3) is 0.158. The molecule has 0 atom stereocenters. The Morgan fingerprint density at radius 1 is 0.950 bits per heavy atom. The fourth-order valence-corrected chi connectivity index (χ4v) is 2.33. The average molecular weight is 259 g/mol. The maximum atomic E-state index is 3.25. The minimum Gasteiger partial charge on any atom is -0.336 e. The zero-order valence-corrected chi connectivity index (χ0v) is 11.6. The fourth-order valence-electron chi connectivity index (χ4n) is 2.33. The van der Waals surface area contributed by atoms with E-state index in [2.05, 4.69) is 84.1 Å². The second-order valence-electron chi connectivity index (χ2n) is 4.85. The van der Waals surface area contributed by atoms with E-state index in [1.807, 2.05) is 0 Å². The Morgan fingerprint density at radius 3 is 2.55 bits per heavy atom. The smallest absolute Gasteiger partial charge is 0.0841 e. The number of hydrogen-bond donors (Lipinski definition) is 0. The Morgan fingerprint density at radius 2 is 1.75 bits per heavy atom. The molecule has 3 aromatic rings. The minimum atomic E-state index is 0.725. The summed E-state index contributed by atoms with van der Waals surface area (Å²) in [6.07, 6.45) is 3.17. The van der Waals surface area contributed by atoms with Gasteiger partial charge >= 0.3 is 0 Å². The van der Waals surface area contributed by atoms with Crippen LogP contribution >= 0.6 is 0 Å². The van der Waals surface area contributed by atoms with Crippen molar-refractivity contribution in [3.63, 3.8) is 0 Å². The van der Waals surface area contributed by atoms with Gasteiger partial charge in [0, 0.05) is 17.3 Å². The van der Waals surface area contributed by atoms with Crippen molar-refractivity contribution < 1.29 is 0 Å². The quantitative estimate of drug-likeness (QED) is 0.606. The highest BCUT2D eigenvalue weighted by molar-refractivity contribution is 5.79. The van der Waals surface area contributed by atoms with Crippen LogP contribution in [0.15, 0.2) is 60.8 Å². The molecule has 1 aromatic heterocycles. The molecule has 98 valence electrons. The van der Waals surface area contributed by atoms with E-state index in [1.165, 1.54) is 16.5 Å². The van der Waals surface area contributed by atoms with Gasteiger partial charge < -0.3 is 4.57 Å². The number of benzene rings is 2. The molecular formula is C19H17N. The summed E-state index contributed by atoms with van der Waals surface area (Å²) in [6.45, 7) is 2.89. The maximum Gasteiger partial charge on any atom is 0.0841 e. The van der Waals surface area contributed by atoms with Gasteiger partial charge in [-0.15, -0.1) is 0 Å². The number of aromatic nitrogens is 1. The van der Waals surface area contributed by atoms with Gasteiger partial charge in [0.25, 0.3) is 0 Å². The topological polar surface area (TPSA) is 4.93 Å². The van der Waals surface area contributed by atoms with Gasteiger partial charge in [-0.2, -0.15) is 0 Å². The van der Waals surface area contributed by atoms with Crippen LogP contribution in [0.2, 0.25) is 0 Å². The first kappa shape index (κ1) is 12.6. The molecule has 0 fully saturated rings. The molecule has 20 heavy (non-hydrogen) atoms. The van der Waals surface area contributed by atoms with E-state index in [9.17, 15) is 0 Å². The van der Waals surface area contributed by atoms with Gasteiger partial charge in [-0.25, -0.2) is 0 Å². The molecule has 0 saturated carbocycles. The summed E-state index contributed by atoms with van der Waals surface area (Å²) in [5.74, 6) is 6.47. The number of aryl methyl sites for hydroxylation is 1. The van der Waals surface area contributed by atoms with Crippen molar-refractivity contribution in [2.45, 2.75) is 19.9 Å². The Kier molecular flexibility index (Phi) is 3.56. The molecule has 0 spiro atoms. The van der Waals surface area contributed by atoms with Crippen molar-refractivity contribution in [2.24, 2.45) is 0 Å². The molecule has 0 bridgehead atoms. The summed E-state index contributed by atoms with van der Waals surface area (Å²) in [5, 5.41) is 1.27. The molecular weight excluding hydrogens is 242 g/mol. The highest BCUT2D eigenvalue weighted by Gasteiger charge is 1.97. The molecule has 0 amide bonds. The summed E-state index contributed by atoms with van der Waals surface area (Å²) in [7, 11) is 0. The summed E-state index contributed by atoms with van der Waals surface area (Å²) in [5.41, 5.74) is 3.67. The molecule has 0 aliphatic rings. The molecule has 0 N–H and O–H groups in total. The van der Waals surface area contributed by atoms with Crippen LogP contribution in [0.5, 0.6) is 0 Å². The van der Waals surface area contributed by atoms with E-state index in [0.717, 1.165) is 18.5 Å². The molecule has 2 aromatic carbocycles. The van der Waals surface area contributed by atoms with Gasteiger partial charge in [0.15, 0.2) is 0 Å². The second-order valence-corrected chi connectivity index (χ2v) is 4.85. The van der Waals surface area contributed by atoms with Crippen LogP contribution in [0, 0.1) is 11.8 Å². The predicted molar refractivity (Wildman–Crippen MR) is 84.6 cm³/mol. The Balaban J connectivity index is 1.77. The molecule has 3 rings (SSSR count). The molecule has 0 saturated heterocycles.